The van der Waals surface area contributed by atoms with Crippen molar-refractivity contribution < 1.29 is 22.8 Å². The zero-order valence-corrected chi connectivity index (χ0v) is 16.3. The van der Waals surface area contributed by atoms with E-state index in [1.165, 1.54) is 12.1 Å². The summed E-state index contributed by atoms with van der Waals surface area (Å²) in [6.07, 6.45) is -3.65. The van der Waals surface area contributed by atoms with Crippen molar-refractivity contribution in [2.24, 2.45) is 5.92 Å². The molecule has 1 fully saturated rings. The van der Waals surface area contributed by atoms with Crippen LogP contribution in [0.5, 0.6) is 0 Å². The average Bonchev–Trinajstić information content (AvgIpc) is 2.69. The lowest BCUT2D eigenvalue weighted by Crippen LogP contribution is -2.45. The zero-order chi connectivity index (χ0) is 21.0. The maximum Gasteiger partial charge on any atom is 0.416 e. The van der Waals surface area contributed by atoms with Gasteiger partial charge in [-0.3, -0.25) is 9.59 Å². The van der Waals surface area contributed by atoms with Crippen LogP contribution in [0, 0.1) is 5.92 Å². The van der Waals surface area contributed by atoms with Crippen molar-refractivity contribution >= 4 is 23.4 Å². The first-order valence-electron chi connectivity index (χ1n) is 9.18. The molecule has 1 aliphatic heterocycles. The first-order chi connectivity index (χ1) is 13.7. The number of piperidine rings is 1. The largest absolute Gasteiger partial charge is 0.416 e. The third-order valence-corrected chi connectivity index (χ3v) is 5.16. The minimum atomic E-state index is -4.38. The second-order valence-corrected chi connectivity index (χ2v) is 7.49. The number of nitrogens with zero attached hydrogens (tertiary/aromatic N) is 1. The molecule has 29 heavy (non-hydrogen) atoms. The van der Waals surface area contributed by atoms with E-state index in [2.05, 4.69) is 5.32 Å². The van der Waals surface area contributed by atoms with E-state index >= 15 is 0 Å². The van der Waals surface area contributed by atoms with Gasteiger partial charge in [0.05, 0.1) is 11.5 Å². The normalized spacial score (nSPS) is 17.3. The SMILES string of the molecule is O=C(NCc1ccc(C(F)(F)F)cc1)[C@@H]1CCC(=O)N(Cc2ccc(Cl)cc2)C1. The molecule has 1 N–H and O–H groups in total. The molecule has 154 valence electrons. The molecule has 2 aromatic carbocycles. The van der Waals surface area contributed by atoms with Crippen molar-refractivity contribution in [1.82, 2.24) is 10.2 Å². The highest BCUT2D eigenvalue weighted by atomic mass is 35.5. The van der Waals surface area contributed by atoms with Crippen molar-refractivity contribution in [3.63, 3.8) is 0 Å². The number of alkyl halides is 3. The van der Waals surface area contributed by atoms with E-state index in [9.17, 15) is 22.8 Å². The molecule has 0 aromatic heterocycles. The first-order valence-corrected chi connectivity index (χ1v) is 9.56. The molecule has 2 amide bonds. The van der Waals surface area contributed by atoms with Gasteiger partial charge in [0.1, 0.15) is 0 Å². The van der Waals surface area contributed by atoms with E-state index in [1.54, 1.807) is 17.0 Å². The number of hydrogen-bond acceptors (Lipinski definition) is 2. The number of likely N-dealkylation sites (tertiary alicyclic amines) is 1. The third kappa shape index (κ3) is 5.73. The van der Waals surface area contributed by atoms with E-state index in [4.69, 9.17) is 11.6 Å². The molecule has 0 unspecified atom stereocenters. The lowest BCUT2D eigenvalue weighted by molar-refractivity contribution is -0.139. The number of halogens is 4. The van der Waals surface area contributed by atoms with E-state index in [0.29, 0.717) is 30.1 Å². The standard InChI is InChI=1S/C21H20ClF3N2O2/c22-18-8-3-15(4-9-18)12-27-13-16(5-10-19(27)28)20(29)26-11-14-1-6-17(7-2-14)21(23,24)25/h1-4,6-9,16H,5,10-13H2,(H,26,29)/t16-/m1/s1. The minimum absolute atomic E-state index is 0.00765. The molecule has 0 aliphatic carbocycles. The maximum atomic E-state index is 12.6. The fraction of sp³-hybridized carbons (Fsp3) is 0.333. The van der Waals surface area contributed by atoms with Crippen molar-refractivity contribution in [3.05, 3.63) is 70.2 Å². The Hall–Kier alpha value is -2.54. The van der Waals surface area contributed by atoms with Crippen LogP contribution in [0.15, 0.2) is 48.5 Å². The van der Waals surface area contributed by atoms with Gasteiger partial charge in [-0.2, -0.15) is 13.2 Å². The molecule has 1 saturated heterocycles. The second kappa shape index (κ2) is 8.86. The van der Waals surface area contributed by atoms with E-state index in [1.807, 2.05) is 12.1 Å². The van der Waals surface area contributed by atoms with Gasteiger partial charge in [-0.25, -0.2) is 0 Å². The summed E-state index contributed by atoms with van der Waals surface area (Å²) in [6, 6.07) is 11.9. The minimum Gasteiger partial charge on any atom is -0.352 e. The Kier molecular flexibility index (Phi) is 6.47. The van der Waals surface area contributed by atoms with Crippen molar-refractivity contribution in [2.75, 3.05) is 6.54 Å². The number of benzene rings is 2. The van der Waals surface area contributed by atoms with Crippen LogP contribution >= 0.6 is 11.6 Å². The fourth-order valence-corrected chi connectivity index (χ4v) is 3.36. The molecule has 2 aromatic rings. The van der Waals surface area contributed by atoms with Crippen LogP contribution in [0.1, 0.15) is 29.5 Å². The van der Waals surface area contributed by atoms with Crippen LogP contribution in [0.2, 0.25) is 5.02 Å². The molecule has 0 spiro atoms. The molecule has 0 bridgehead atoms. The topological polar surface area (TPSA) is 49.4 Å². The van der Waals surface area contributed by atoms with Crippen LogP contribution in [-0.2, 0) is 28.9 Å². The van der Waals surface area contributed by atoms with Gasteiger partial charge in [0, 0.05) is 31.1 Å². The Morgan fingerprint density at radius 1 is 1.07 bits per heavy atom. The Labute approximate surface area is 171 Å². The molecule has 4 nitrogen and oxygen atoms in total. The molecule has 0 radical (unpaired) electrons. The highest BCUT2D eigenvalue weighted by Gasteiger charge is 2.31. The predicted octanol–water partition coefficient (Wildman–Crippen LogP) is 4.41. The molecule has 1 heterocycles. The first kappa shape index (κ1) is 21.2. The number of amides is 2. The van der Waals surface area contributed by atoms with Gasteiger partial charge >= 0.3 is 6.18 Å². The number of rotatable bonds is 5. The quantitative estimate of drug-likeness (QED) is 0.772. The average molecular weight is 425 g/mol. The molecular weight excluding hydrogens is 405 g/mol. The Bertz CT molecular complexity index is 867. The molecule has 8 heteroatoms. The van der Waals surface area contributed by atoms with Gasteiger partial charge in [0.25, 0.3) is 0 Å². The van der Waals surface area contributed by atoms with E-state index in [0.717, 1.165) is 17.7 Å². The van der Waals surface area contributed by atoms with Crippen molar-refractivity contribution in [1.29, 1.82) is 0 Å². The molecule has 1 atom stereocenters. The molecule has 3 rings (SSSR count). The van der Waals surface area contributed by atoms with Crippen LogP contribution in [0.4, 0.5) is 13.2 Å². The van der Waals surface area contributed by atoms with Gasteiger partial charge in [0.2, 0.25) is 11.8 Å². The van der Waals surface area contributed by atoms with Crippen LogP contribution in [-0.4, -0.2) is 23.3 Å². The Morgan fingerprint density at radius 2 is 1.69 bits per heavy atom. The lowest BCUT2D eigenvalue weighted by Gasteiger charge is -2.32. The Balaban J connectivity index is 1.55. The summed E-state index contributed by atoms with van der Waals surface area (Å²) < 4.78 is 37.8. The number of hydrogen-bond donors (Lipinski definition) is 1. The highest BCUT2D eigenvalue weighted by molar-refractivity contribution is 6.30. The molecule has 1 aliphatic rings. The van der Waals surface area contributed by atoms with Gasteiger partial charge in [-0.05, 0) is 41.8 Å². The number of carbonyl (C=O) groups is 2. The predicted molar refractivity (Wildman–Crippen MR) is 103 cm³/mol. The smallest absolute Gasteiger partial charge is 0.352 e. The molecular formula is C21H20ClF3N2O2. The summed E-state index contributed by atoms with van der Waals surface area (Å²) >= 11 is 5.87. The van der Waals surface area contributed by atoms with Crippen molar-refractivity contribution in [3.8, 4) is 0 Å². The van der Waals surface area contributed by atoms with Gasteiger partial charge in [0.15, 0.2) is 0 Å². The number of nitrogens with one attached hydrogen (secondary N) is 1. The Morgan fingerprint density at radius 3 is 2.31 bits per heavy atom. The monoisotopic (exact) mass is 424 g/mol. The lowest BCUT2D eigenvalue weighted by atomic mass is 9.96. The fourth-order valence-electron chi connectivity index (χ4n) is 3.24. The summed E-state index contributed by atoms with van der Waals surface area (Å²) in [5.41, 5.74) is 0.779. The third-order valence-electron chi connectivity index (χ3n) is 4.91. The summed E-state index contributed by atoms with van der Waals surface area (Å²) in [6.45, 7) is 0.845. The molecule has 0 saturated carbocycles. The summed E-state index contributed by atoms with van der Waals surface area (Å²) in [7, 11) is 0. The maximum absolute atomic E-state index is 12.6. The second-order valence-electron chi connectivity index (χ2n) is 7.05. The van der Waals surface area contributed by atoms with E-state index < -0.39 is 11.7 Å². The van der Waals surface area contributed by atoms with Gasteiger partial charge < -0.3 is 10.2 Å². The van der Waals surface area contributed by atoms with Crippen LogP contribution in [0.25, 0.3) is 0 Å². The number of carbonyl (C=O) groups excluding carboxylic acids is 2. The summed E-state index contributed by atoms with van der Waals surface area (Å²) in [5.74, 6) is -0.570. The zero-order valence-electron chi connectivity index (χ0n) is 15.5. The van der Waals surface area contributed by atoms with Crippen LogP contribution < -0.4 is 5.32 Å². The van der Waals surface area contributed by atoms with Gasteiger partial charge in [-0.15, -0.1) is 0 Å². The van der Waals surface area contributed by atoms with Crippen molar-refractivity contribution in [2.45, 2.75) is 32.1 Å². The van der Waals surface area contributed by atoms with Crippen LogP contribution in [0.3, 0.4) is 0 Å². The summed E-state index contributed by atoms with van der Waals surface area (Å²) in [5, 5.41) is 3.37. The summed E-state index contributed by atoms with van der Waals surface area (Å²) in [4.78, 5) is 26.4. The van der Waals surface area contributed by atoms with E-state index in [-0.39, 0.29) is 30.7 Å². The van der Waals surface area contributed by atoms with Gasteiger partial charge in [-0.1, -0.05) is 35.9 Å². The highest BCUT2D eigenvalue weighted by Crippen LogP contribution is 2.29.